The second-order valence-electron chi connectivity index (χ2n) is 13.0. The predicted molar refractivity (Wildman–Crippen MR) is 158 cm³/mol. The van der Waals surface area contributed by atoms with Crippen LogP contribution >= 0.6 is 0 Å². The van der Waals surface area contributed by atoms with Gasteiger partial charge in [0.1, 0.15) is 0 Å². The Bertz CT molecular complexity index is 1090. The van der Waals surface area contributed by atoms with Crippen LogP contribution in [-0.2, 0) is 24.0 Å². The van der Waals surface area contributed by atoms with Gasteiger partial charge in [-0.05, 0) is 81.7 Å². The fourth-order valence-corrected chi connectivity index (χ4v) is 8.94. The van der Waals surface area contributed by atoms with Gasteiger partial charge in [-0.15, -0.1) is 0 Å². The quantitative estimate of drug-likeness (QED) is 0.249. The van der Waals surface area contributed by atoms with Crippen LogP contribution in [0.1, 0.15) is 94.3 Å². The maximum absolute atomic E-state index is 13.4. The van der Waals surface area contributed by atoms with Gasteiger partial charge in [-0.3, -0.25) is 0 Å². The molecule has 3 fully saturated rings. The highest BCUT2D eigenvalue weighted by Gasteiger charge is 2.51. The van der Waals surface area contributed by atoms with Crippen molar-refractivity contribution in [3.63, 3.8) is 0 Å². The molecular weight excluding hydrogens is 508 g/mol. The molecule has 220 valence electrons. The van der Waals surface area contributed by atoms with E-state index in [1.165, 1.54) is 0 Å². The van der Waals surface area contributed by atoms with Crippen molar-refractivity contribution < 1.29 is 24.0 Å². The summed E-state index contributed by atoms with van der Waals surface area (Å²) >= 11 is 0. The van der Waals surface area contributed by atoms with Crippen molar-refractivity contribution in [1.29, 1.82) is 0 Å². The van der Waals surface area contributed by atoms with Crippen LogP contribution in [0.4, 0.5) is 0 Å². The van der Waals surface area contributed by atoms with Crippen LogP contribution in [0.2, 0.25) is 0 Å². The first-order valence-electron chi connectivity index (χ1n) is 15.8. The molecule has 3 aliphatic rings. The molecule has 3 aliphatic heterocycles. The molecule has 4 rings (SSSR count). The molecule has 5 nitrogen and oxygen atoms in total. The molecule has 3 heterocycles. The topological polar surface area (TPSA) is 61.8 Å². The number of ether oxygens (including phenoxy) is 3. The Morgan fingerprint density at radius 2 is 1.82 bits per heavy atom. The minimum Gasteiger partial charge on any atom is -0.374 e. The molecule has 3 unspecified atom stereocenters. The smallest absolute Gasteiger partial charge is 0.178 e. The zero-order valence-corrected chi connectivity index (χ0v) is 25.8. The van der Waals surface area contributed by atoms with Crippen LogP contribution in [-0.4, -0.2) is 50.3 Å². The van der Waals surface area contributed by atoms with Crippen molar-refractivity contribution >= 4 is 9.84 Å². The molecule has 0 spiro atoms. The Balaban J connectivity index is 1.41. The summed E-state index contributed by atoms with van der Waals surface area (Å²) in [5, 5.41) is 0. The highest BCUT2D eigenvalue weighted by Crippen LogP contribution is 2.45. The van der Waals surface area contributed by atoms with Gasteiger partial charge in [0, 0.05) is 13.7 Å². The van der Waals surface area contributed by atoms with Crippen molar-refractivity contribution in [3.8, 4) is 0 Å². The van der Waals surface area contributed by atoms with Gasteiger partial charge >= 0.3 is 0 Å². The summed E-state index contributed by atoms with van der Waals surface area (Å²) in [5.74, 6) is 0.581. The molecule has 0 amide bonds. The number of rotatable bonds is 12. The highest BCUT2D eigenvalue weighted by atomic mass is 32.2. The van der Waals surface area contributed by atoms with Crippen LogP contribution in [0.5, 0.6) is 0 Å². The molecule has 0 radical (unpaired) electrons. The van der Waals surface area contributed by atoms with Gasteiger partial charge < -0.3 is 14.2 Å². The number of benzene rings is 1. The van der Waals surface area contributed by atoms with E-state index in [2.05, 4.69) is 48.1 Å². The lowest BCUT2D eigenvalue weighted by Gasteiger charge is -2.42. The monoisotopic (exact) mass is 562 g/mol. The van der Waals surface area contributed by atoms with E-state index >= 15 is 0 Å². The van der Waals surface area contributed by atoms with Crippen molar-refractivity contribution in [2.45, 2.75) is 134 Å². The van der Waals surface area contributed by atoms with Crippen molar-refractivity contribution in [1.82, 2.24) is 0 Å². The summed E-state index contributed by atoms with van der Waals surface area (Å²) < 4.78 is 55.2. The summed E-state index contributed by atoms with van der Waals surface area (Å²) in [7, 11) is -3.46. The molecule has 1 aromatic carbocycles. The summed E-state index contributed by atoms with van der Waals surface area (Å²) in [6.07, 6.45) is 5.88. The van der Waals surface area contributed by atoms with Crippen LogP contribution in [0.3, 0.4) is 0 Å². The Labute approximate surface area is 239 Å². The maximum atomic E-state index is 13.4. The standard InChI is InChI=1S/C33H52O5S/c1-8-33-20-25(6)36-32(33)17-15-27(38-33)19-24(5)23(4)14-16-30-29(26(7)31(37-30)18-22(2)3)21-39(34,35)28-12-10-9-11-13-28/h9-13,22,24-27,29-32H,4,8,14-21H2,1-3,5-7H3/t24-,25+,26-,27?,29-,30?,31-,32+,33+/m1/s1/i14T/t14?,24-,25+,26-,27?,29-,30?,31-,32+,33+. The Morgan fingerprint density at radius 1 is 1.10 bits per heavy atom. The number of sulfone groups is 1. The van der Waals surface area contributed by atoms with Gasteiger partial charge in [0.05, 0.1) is 46.8 Å². The first kappa shape index (κ1) is 29.3. The minimum atomic E-state index is -3.46. The van der Waals surface area contributed by atoms with E-state index < -0.39 is 16.2 Å². The lowest BCUT2D eigenvalue weighted by atomic mass is 9.81. The molecule has 1 aromatic rings. The lowest BCUT2D eigenvalue weighted by Crippen LogP contribution is -2.48. The van der Waals surface area contributed by atoms with Crippen LogP contribution in [0.15, 0.2) is 47.4 Å². The summed E-state index contributed by atoms with van der Waals surface area (Å²) in [6, 6.07) is 8.71. The van der Waals surface area contributed by atoms with Crippen LogP contribution in [0.25, 0.3) is 0 Å². The van der Waals surface area contributed by atoms with Gasteiger partial charge in [-0.25, -0.2) is 8.42 Å². The first-order valence-corrected chi connectivity index (χ1v) is 16.9. The van der Waals surface area contributed by atoms with Gasteiger partial charge in [-0.1, -0.05) is 65.0 Å². The van der Waals surface area contributed by atoms with E-state index in [9.17, 15) is 8.42 Å². The average Bonchev–Trinajstić information content (AvgIpc) is 3.38. The van der Waals surface area contributed by atoms with E-state index in [4.69, 9.17) is 15.6 Å². The van der Waals surface area contributed by atoms with E-state index in [1.807, 2.05) is 6.07 Å². The third-order valence-electron chi connectivity index (χ3n) is 9.54. The molecule has 3 saturated heterocycles. The summed E-state index contributed by atoms with van der Waals surface area (Å²) in [4.78, 5) is 0.357. The van der Waals surface area contributed by atoms with Crippen molar-refractivity contribution in [2.24, 2.45) is 23.7 Å². The SMILES string of the molecule is [3H]C(CC1O[C@H](CC(C)C)[C@H](C)[C@H]1CS(=O)(=O)c1ccccc1)C(=C)[C@H](C)CC1CC[C@@H]2O[C@@H](C)C[C@]2(CC)O1. The molecule has 0 saturated carbocycles. The molecule has 0 N–H and O–H groups in total. The Morgan fingerprint density at radius 3 is 2.49 bits per heavy atom. The Hall–Kier alpha value is -1.21. The van der Waals surface area contributed by atoms with Crippen LogP contribution in [0, 0.1) is 23.7 Å². The maximum Gasteiger partial charge on any atom is 0.178 e. The second kappa shape index (κ2) is 12.8. The van der Waals surface area contributed by atoms with E-state index in [0.29, 0.717) is 17.2 Å². The number of hydrogen-bond acceptors (Lipinski definition) is 5. The fraction of sp³-hybridized carbons (Fsp3) is 0.758. The number of allylic oxidation sites excluding steroid dienone is 1. The zero-order chi connectivity index (χ0) is 29.2. The third-order valence-corrected chi connectivity index (χ3v) is 11.3. The second-order valence-corrected chi connectivity index (χ2v) is 15.0. The van der Waals surface area contributed by atoms with Gasteiger partial charge in [0.2, 0.25) is 0 Å². The van der Waals surface area contributed by atoms with Crippen LogP contribution < -0.4 is 0 Å². The van der Waals surface area contributed by atoms with Gasteiger partial charge in [0.25, 0.3) is 0 Å². The average molecular weight is 563 g/mol. The minimum absolute atomic E-state index is 0.00343. The normalized spacial score (nSPS) is 36.9. The highest BCUT2D eigenvalue weighted by molar-refractivity contribution is 7.91. The number of hydrogen-bond donors (Lipinski definition) is 0. The van der Waals surface area contributed by atoms with Gasteiger partial charge in [0.15, 0.2) is 9.84 Å². The summed E-state index contributed by atoms with van der Waals surface area (Å²) in [5.41, 5.74) is 0.709. The van der Waals surface area contributed by atoms with Crippen molar-refractivity contribution in [2.75, 3.05) is 5.75 Å². The third kappa shape index (κ3) is 7.17. The molecular formula is C33H52O5S. The molecule has 39 heavy (non-hydrogen) atoms. The zero-order valence-electron chi connectivity index (χ0n) is 26.0. The molecule has 0 aliphatic carbocycles. The molecule has 6 heteroatoms. The first-order chi connectivity index (χ1) is 18.8. The largest absolute Gasteiger partial charge is 0.374 e. The van der Waals surface area contributed by atoms with E-state index in [0.717, 1.165) is 44.1 Å². The molecule has 10 atom stereocenters. The fourth-order valence-electron chi connectivity index (χ4n) is 7.15. The van der Waals surface area contributed by atoms with E-state index in [-0.39, 0.29) is 59.6 Å². The van der Waals surface area contributed by atoms with E-state index in [1.54, 1.807) is 24.3 Å². The summed E-state index contributed by atoms with van der Waals surface area (Å²) in [6.45, 7) is 17.3. The lowest BCUT2D eigenvalue weighted by molar-refractivity contribution is -0.170. The predicted octanol–water partition coefficient (Wildman–Crippen LogP) is 7.39. The number of fused-ring (bicyclic) bond motifs is 1. The van der Waals surface area contributed by atoms with Gasteiger partial charge in [-0.2, -0.15) is 0 Å². The molecule has 0 bridgehead atoms. The molecule has 0 aromatic heterocycles. The van der Waals surface area contributed by atoms with Crippen molar-refractivity contribution in [3.05, 3.63) is 42.5 Å². The Kier molecular flexibility index (Phi) is 9.58.